The molecule has 0 unspecified atom stereocenters. The van der Waals surface area contributed by atoms with E-state index in [9.17, 15) is 0 Å². The highest BCUT2D eigenvalue weighted by atomic mass is 16.5. The fraction of sp³-hybridized carbons (Fsp3) is 0.727. The average Bonchev–Trinajstić information content (AvgIpc) is 2.67. The highest BCUT2D eigenvalue weighted by Gasteiger charge is 2.15. The van der Waals surface area contributed by atoms with Crippen molar-refractivity contribution in [3.63, 3.8) is 0 Å². The van der Waals surface area contributed by atoms with Gasteiger partial charge in [0.15, 0.2) is 5.76 Å². The summed E-state index contributed by atoms with van der Waals surface area (Å²) in [7, 11) is 0. The normalized spacial score (nSPS) is 18.6. The first-order valence-electron chi connectivity index (χ1n) is 5.53. The van der Waals surface area contributed by atoms with Gasteiger partial charge in [0.2, 0.25) is 0 Å². The van der Waals surface area contributed by atoms with Crippen molar-refractivity contribution in [3.05, 3.63) is 17.5 Å². The first-order valence-corrected chi connectivity index (χ1v) is 5.53. The van der Waals surface area contributed by atoms with Crippen LogP contribution in [0.3, 0.4) is 0 Å². The minimum atomic E-state index is 0.456. The molecule has 2 N–H and O–H groups in total. The first kappa shape index (κ1) is 9.71. The second kappa shape index (κ2) is 4.60. The van der Waals surface area contributed by atoms with Crippen molar-refractivity contribution in [2.45, 2.75) is 45.1 Å². The molecule has 2 rings (SSSR count). The smallest absolute Gasteiger partial charge is 0.150 e. The molecule has 14 heavy (non-hydrogen) atoms. The lowest BCUT2D eigenvalue weighted by Gasteiger charge is -2.19. The molecule has 0 atom stereocenters. The Morgan fingerprint density at radius 1 is 1.36 bits per heavy atom. The van der Waals surface area contributed by atoms with Crippen LogP contribution in [-0.2, 0) is 13.0 Å². The fourth-order valence-electron chi connectivity index (χ4n) is 2.24. The highest BCUT2D eigenvalue weighted by molar-refractivity contribution is 5.05. The minimum absolute atomic E-state index is 0.456. The number of aromatic nitrogens is 1. The molecule has 3 nitrogen and oxygen atoms in total. The number of rotatable bonds is 3. The van der Waals surface area contributed by atoms with Crippen LogP contribution < -0.4 is 5.73 Å². The molecule has 0 radical (unpaired) electrons. The Labute approximate surface area is 84.7 Å². The van der Waals surface area contributed by atoms with Crippen LogP contribution in [0.5, 0.6) is 0 Å². The van der Waals surface area contributed by atoms with Crippen LogP contribution in [0.4, 0.5) is 0 Å². The SMILES string of the molecule is NCc1cc(CC2CCCCC2)no1. The minimum Gasteiger partial charge on any atom is -0.360 e. The van der Waals surface area contributed by atoms with Gasteiger partial charge in [-0.2, -0.15) is 0 Å². The first-order chi connectivity index (χ1) is 6.88. The van der Waals surface area contributed by atoms with Crippen LogP contribution in [0.15, 0.2) is 10.6 Å². The van der Waals surface area contributed by atoms with Gasteiger partial charge >= 0.3 is 0 Å². The van der Waals surface area contributed by atoms with Crippen molar-refractivity contribution in [1.82, 2.24) is 5.16 Å². The van der Waals surface area contributed by atoms with Crippen LogP contribution in [0.2, 0.25) is 0 Å². The van der Waals surface area contributed by atoms with Crippen LogP contribution >= 0.6 is 0 Å². The van der Waals surface area contributed by atoms with Crippen molar-refractivity contribution in [1.29, 1.82) is 0 Å². The Morgan fingerprint density at radius 3 is 2.79 bits per heavy atom. The summed E-state index contributed by atoms with van der Waals surface area (Å²) in [5.74, 6) is 1.62. The highest BCUT2D eigenvalue weighted by Crippen LogP contribution is 2.26. The maximum atomic E-state index is 5.46. The molecule has 1 heterocycles. The van der Waals surface area contributed by atoms with E-state index in [1.165, 1.54) is 32.1 Å². The number of hydrogen-bond acceptors (Lipinski definition) is 3. The molecule has 1 aliphatic carbocycles. The maximum Gasteiger partial charge on any atom is 0.150 e. The second-order valence-electron chi connectivity index (χ2n) is 4.20. The van der Waals surface area contributed by atoms with E-state index in [4.69, 9.17) is 10.3 Å². The van der Waals surface area contributed by atoms with Crippen molar-refractivity contribution in [3.8, 4) is 0 Å². The summed E-state index contributed by atoms with van der Waals surface area (Å²) in [6.45, 7) is 0.456. The Hall–Kier alpha value is -0.830. The van der Waals surface area contributed by atoms with Gasteiger partial charge < -0.3 is 10.3 Å². The molecule has 0 bridgehead atoms. The molecule has 1 aliphatic rings. The molecule has 1 aromatic rings. The molecule has 1 aromatic heterocycles. The lowest BCUT2D eigenvalue weighted by molar-refractivity contribution is 0.338. The molecule has 78 valence electrons. The number of nitrogens with zero attached hydrogens (tertiary/aromatic N) is 1. The zero-order chi connectivity index (χ0) is 9.80. The van der Waals surface area contributed by atoms with E-state index in [1.807, 2.05) is 6.07 Å². The van der Waals surface area contributed by atoms with Gasteiger partial charge in [-0.1, -0.05) is 37.3 Å². The zero-order valence-corrected chi connectivity index (χ0v) is 8.54. The summed E-state index contributed by atoms with van der Waals surface area (Å²) in [5.41, 5.74) is 6.54. The Balaban J connectivity index is 1.89. The third-order valence-electron chi connectivity index (χ3n) is 3.03. The summed E-state index contributed by atoms with van der Waals surface area (Å²) in [4.78, 5) is 0. The Bertz CT molecular complexity index is 277. The molecular formula is C11H18N2O. The molecule has 0 aromatic carbocycles. The number of hydrogen-bond donors (Lipinski definition) is 1. The second-order valence-corrected chi connectivity index (χ2v) is 4.20. The van der Waals surface area contributed by atoms with E-state index >= 15 is 0 Å². The van der Waals surface area contributed by atoms with E-state index < -0.39 is 0 Å². The molecule has 1 fully saturated rings. The van der Waals surface area contributed by atoms with E-state index in [1.54, 1.807) is 0 Å². The summed E-state index contributed by atoms with van der Waals surface area (Å²) in [6, 6.07) is 1.99. The number of nitrogens with two attached hydrogens (primary N) is 1. The average molecular weight is 194 g/mol. The Morgan fingerprint density at radius 2 is 2.14 bits per heavy atom. The predicted octanol–water partition coefficient (Wildman–Crippen LogP) is 2.26. The molecule has 0 saturated heterocycles. The van der Waals surface area contributed by atoms with E-state index in [0.29, 0.717) is 6.54 Å². The van der Waals surface area contributed by atoms with Gasteiger partial charge in [0.05, 0.1) is 12.2 Å². The molecule has 0 spiro atoms. The van der Waals surface area contributed by atoms with Gasteiger partial charge in [-0.25, -0.2) is 0 Å². The van der Waals surface area contributed by atoms with Gasteiger partial charge in [0, 0.05) is 6.07 Å². The monoisotopic (exact) mass is 194 g/mol. The Kier molecular flexibility index (Phi) is 3.19. The zero-order valence-electron chi connectivity index (χ0n) is 8.54. The van der Waals surface area contributed by atoms with Gasteiger partial charge in [0.1, 0.15) is 0 Å². The third-order valence-corrected chi connectivity index (χ3v) is 3.03. The third kappa shape index (κ3) is 2.35. The maximum absolute atomic E-state index is 5.46. The summed E-state index contributed by atoms with van der Waals surface area (Å²) in [5, 5.41) is 4.03. The summed E-state index contributed by atoms with van der Waals surface area (Å²) in [6.07, 6.45) is 7.95. The van der Waals surface area contributed by atoms with Gasteiger partial charge in [-0.3, -0.25) is 0 Å². The standard InChI is InChI=1S/C11H18N2O/c12-8-11-7-10(13-14-11)6-9-4-2-1-3-5-9/h7,9H,1-6,8,12H2. The van der Waals surface area contributed by atoms with Crippen LogP contribution in [-0.4, -0.2) is 5.16 Å². The summed E-state index contributed by atoms with van der Waals surface area (Å²) < 4.78 is 5.08. The van der Waals surface area contributed by atoms with Crippen LogP contribution in [0.1, 0.15) is 43.6 Å². The van der Waals surface area contributed by atoms with E-state index in [-0.39, 0.29) is 0 Å². The van der Waals surface area contributed by atoms with Gasteiger partial charge in [-0.05, 0) is 12.3 Å². The lowest BCUT2D eigenvalue weighted by atomic mass is 9.86. The van der Waals surface area contributed by atoms with Crippen molar-refractivity contribution in [2.75, 3.05) is 0 Å². The molecule has 1 saturated carbocycles. The van der Waals surface area contributed by atoms with E-state index in [0.717, 1.165) is 23.8 Å². The topological polar surface area (TPSA) is 52.0 Å². The fourth-order valence-corrected chi connectivity index (χ4v) is 2.24. The molecular weight excluding hydrogens is 176 g/mol. The van der Waals surface area contributed by atoms with Gasteiger partial charge in [0.25, 0.3) is 0 Å². The molecule has 0 aliphatic heterocycles. The van der Waals surface area contributed by atoms with Crippen LogP contribution in [0, 0.1) is 5.92 Å². The molecule has 0 amide bonds. The summed E-state index contributed by atoms with van der Waals surface area (Å²) >= 11 is 0. The quantitative estimate of drug-likeness (QED) is 0.803. The lowest BCUT2D eigenvalue weighted by Crippen LogP contribution is -2.09. The predicted molar refractivity (Wildman–Crippen MR) is 54.7 cm³/mol. The van der Waals surface area contributed by atoms with Crippen LogP contribution in [0.25, 0.3) is 0 Å². The largest absolute Gasteiger partial charge is 0.360 e. The van der Waals surface area contributed by atoms with Crippen molar-refractivity contribution in [2.24, 2.45) is 11.7 Å². The van der Waals surface area contributed by atoms with Gasteiger partial charge in [-0.15, -0.1) is 0 Å². The van der Waals surface area contributed by atoms with Crippen molar-refractivity contribution >= 4 is 0 Å². The van der Waals surface area contributed by atoms with E-state index in [2.05, 4.69) is 5.16 Å². The van der Waals surface area contributed by atoms with Crippen molar-refractivity contribution < 1.29 is 4.52 Å². The molecule has 3 heteroatoms.